The molecule has 0 bridgehead atoms. The van der Waals surface area contributed by atoms with Crippen molar-refractivity contribution < 1.29 is 9.26 Å². The van der Waals surface area contributed by atoms with Crippen molar-refractivity contribution in [3.8, 4) is 5.75 Å². The van der Waals surface area contributed by atoms with Crippen LogP contribution in [0.3, 0.4) is 0 Å². The number of ether oxygens (including phenoxy) is 1. The Labute approximate surface area is 124 Å². The van der Waals surface area contributed by atoms with Crippen LogP contribution in [0.2, 0.25) is 0 Å². The van der Waals surface area contributed by atoms with Gasteiger partial charge in [-0.2, -0.15) is 4.98 Å². The van der Waals surface area contributed by atoms with E-state index < -0.39 is 0 Å². The van der Waals surface area contributed by atoms with Gasteiger partial charge in [0.2, 0.25) is 5.89 Å². The number of piperidine rings is 1. The zero-order valence-corrected chi connectivity index (χ0v) is 12.6. The van der Waals surface area contributed by atoms with E-state index in [1.807, 2.05) is 24.3 Å². The summed E-state index contributed by atoms with van der Waals surface area (Å²) >= 11 is 0. The zero-order valence-electron chi connectivity index (χ0n) is 12.6. The maximum Gasteiger partial charge on any atom is 0.232 e. The number of rotatable bonds is 4. The van der Waals surface area contributed by atoms with Crippen LogP contribution in [-0.4, -0.2) is 30.3 Å². The number of methoxy groups -OCH3 is 1. The highest BCUT2D eigenvalue weighted by Crippen LogP contribution is 2.31. The van der Waals surface area contributed by atoms with Gasteiger partial charge in [0.25, 0.3) is 0 Å². The minimum Gasteiger partial charge on any atom is -0.497 e. The number of aromatic nitrogens is 2. The van der Waals surface area contributed by atoms with E-state index in [-0.39, 0.29) is 5.41 Å². The summed E-state index contributed by atoms with van der Waals surface area (Å²) in [6.45, 7) is 4.21. The maximum absolute atomic E-state index is 5.52. The second-order valence-electron chi connectivity index (χ2n) is 5.85. The van der Waals surface area contributed by atoms with E-state index in [9.17, 15) is 0 Å². The third-order valence-electron chi connectivity index (χ3n) is 4.19. The quantitative estimate of drug-likeness (QED) is 0.935. The molecule has 1 aliphatic heterocycles. The molecule has 0 aliphatic carbocycles. The highest BCUT2D eigenvalue weighted by Gasteiger charge is 2.34. The summed E-state index contributed by atoms with van der Waals surface area (Å²) in [5.74, 6) is 2.35. The Hall–Kier alpha value is -1.88. The van der Waals surface area contributed by atoms with Gasteiger partial charge in [0, 0.05) is 11.8 Å². The summed E-state index contributed by atoms with van der Waals surface area (Å²) in [7, 11) is 1.67. The van der Waals surface area contributed by atoms with Gasteiger partial charge in [-0.3, -0.25) is 0 Å². The number of hydrogen-bond acceptors (Lipinski definition) is 5. The molecular weight excluding hydrogens is 266 g/mol. The molecule has 2 heterocycles. The van der Waals surface area contributed by atoms with Crippen molar-refractivity contribution in [1.29, 1.82) is 0 Å². The fraction of sp³-hybridized carbons (Fsp3) is 0.500. The van der Waals surface area contributed by atoms with E-state index in [0.29, 0.717) is 6.42 Å². The van der Waals surface area contributed by atoms with Gasteiger partial charge >= 0.3 is 0 Å². The maximum atomic E-state index is 5.52. The van der Waals surface area contributed by atoms with Crippen molar-refractivity contribution in [2.24, 2.45) is 0 Å². The lowest BCUT2D eigenvalue weighted by molar-refractivity contribution is 0.240. The minimum absolute atomic E-state index is 0.00484. The van der Waals surface area contributed by atoms with E-state index in [2.05, 4.69) is 22.4 Å². The molecule has 0 radical (unpaired) electrons. The smallest absolute Gasteiger partial charge is 0.232 e. The molecule has 21 heavy (non-hydrogen) atoms. The molecule has 0 unspecified atom stereocenters. The van der Waals surface area contributed by atoms with Gasteiger partial charge < -0.3 is 14.6 Å². The summed E-state index contributed by atoms with van der Waals surface area (Å²) in [5.41, 5.74) is 1.13. The Morgan fingerprint density at radius 1 is 1.33 bits per heavy atom. The van der Waals surface area contributed by atoms with Crippen molar-refractivity contribution in [3.05, 3.63) is 41.5 Å². The molecule has 1 saturated heterocycles. The first-order chi connectivity index (χ1) is 10.2. The summed E-state index contributed by atoms with van der Waals surface area (Å²) < 4.78 is 10.8. The van der Waals surface area contributed by atoms with Crippen molar-refractivity contribution in [1.82, 2.24) is 15.5 Å². The van der Waals surface area contributed by atoms with Gasteiger partial charge in [0.1, 0.15) is 5.75 Å². The summed E-state index contributed by atoms with van der Waals surface area (Å²) in [6.07, 6.45) is 2.73. The average Bonchev–Trinajstić information content (AvgIpc) is 2.97. The Morgan fingerprint density at radius 3 is 2.90 bits per heavy atom. The molecule has 5 nitrogen and oxygen atoms in total. The first kappa shape index (κ1) is 14.1. The largest absolute Gasteiger partial charge is 0.497 e. The summed E-state index contributed by atoms with van der Waals surface area (Å²) in [6, 6.07) is 7.96. The lowest BCUT2D eigenvalue weighted by atomic mass is 9.81. The lowest BCUT2D eigenvalue weighted by Gasteiger charge is -2.30. The van der Waals surface area contributed by atoms with Gasteiger partial charge in [-0.1, -0.05) is 24.2 Å². The van der Waals surface area contributed by atoms with Crippen molar-refractivity contribution in [3.63, 3.8) is 0 Å². The Kier molecular flexibility index (Phi) is 3.92. The Morgan fingerprint density at radius 2 is 2.14 bits per heavy atom. The molecule has 1 aromatic carbocycles. The van der Waals surface area contributed by atoms with Gasteiger partial charge in [0.05, 0.1) is 7.11 Å². The molecule has 0 amide bonds. The predicted octanol–water partition coefficient (Wildman–Crippen LogP) is 2.31. The second-order valence-corrected chi connectivity index (χ2v) is 5.85. The molecule has 5 heteroatoms. The monoisotopic (exact) mass is 287 g/mol. The fourth-order valence-electron chi connectivity index (χ4n) is 2.73. The van der Waals surface area contributed by atoms with Crippen molar-refractivity contribution in [2.45, 2.75) is 31.6 Å². The van der Waals surface area contributed by atoms with E-state index >= 15 is 0 Å². The summed E-state index contributed by atoms with van der Waals surface area (Å²) in [4.78, 5) is 4.61. The van der Waals surface area contributed by atoms with Gasteiger partial charge in [-0.25, -0.2) is 0 Å². The van der Waals surface area contributed by atoms with Crippen molar-refractivity contribution in [2.75, 3.05) is 20.2 Å². The lowest BCUT2D eigenvalue weighted by Crippen LogP contribution is -2.37. The molecule has 0 spiro atoms. The van der Waals surface area contributed by atoms with Gasteiger partial charge in [0.15, 0.2) is 5.82 Å². The van der Waals surface area contributed by atoms with Crippen LogP contribution in [0.5, 0.6) is 5.75 Å². The van der Waals surface area contributed by atoms with Crippen LogP contribution in [-0.2, 0) is 11.8 Å². The van der Waals surface area contributed by atoms with E-state index in [4.69, 9.17) is 9.26 Å². The fourth-order valence-corrected chi connectivity index (χ4v) is 2.73. The summed E-state index contributed by atoms with van der Waals surface area (Å²) in [5, 5.41) is 7.51. The van der Waals surface area contributed by atoms with Crippen molar-refractivity contribution >= 4 is 0 Å². The first-order valence-electron chi connectivity index (χ1n) is 7.36. The molecule has 112 valence electrons. The molecule has 3 rings (SSSR count). The number of hydrogen-bond donors (Lipinski definition) is 1. The predicted molar refractivity (Wildman–Crippen MR) is 79.6 cm³/mol. The Balaban J connectivity index is 1.75. The highest BCUT2D eigenvalue weighted by atomic mass is 16.5. The standard InChI is InChI=1S/C16H21N3O2/c1-16(6-8-17-9-7-16)15-18-14(19-21-15)11-12-4-3-5-13(10-12)20-2/h3-5,10,17H,6-9,11H2,1-2H3. The minimum atomic E-state index is 0.00484. The normalized spacial score (nSPS) is 17.6. The highest BCUT2D eigenvalue weighted by molar-refractivity contribution is 5.30. The molecule has 1 aliphatic rings. The third-order valence-corrected chi connectivity index (χ3v) is 4.19. The molecule has 1 fully saturated rings. The van der Waals surface area contributed by atoms with Crippen LogP contribution in [0.4, 0.5) is 0 Å². The van der Waals surface area contributed by atoms with Gasteiger partial charge in [-0.15, -0.1) is 0 Å². The second kappa shape index (κ2) is 5.85. The van der Waals surface area contributed by atoms with Crippen LogP contribution >= 0.6 is 0 Å². The number of nitrogens with zero attached hydrogens (tertiary/aromatic N) is 2. The SMILES string of the molecule is COc1cccc(Cc2noc(C3(C)CCNCC3)n2)c1. The van der Waals surface area contributed by atoms with E-state index in [1.165, 1.54) is 0 Å². The van der Waals surface area contributed by atoms with Gasteiger partial charge in [-0.05, 0) is 43.6 Å². The number of benzene rings is 1. The number of nitrogens with one attached hydrogen (secondary N) is 1. The molecular formula is C16H21N3O2. The van der Waals surface area contributed by atoms with E-state index in [0.717, 1.165) is 49.0 Å². The van der Waals surface area contributed by atoms with Crippen LogP contribution < -0.4 is 10.1 Å². The molecule has 2 aromatic rings. The van der Waals surface area contributed by atoms with Crippen LogP contribution in [0.15, 0.2) is 28.8 Å². The topological polar surface area (TPSA) is 60.2 Å². The van der Waals surface area contributed by atoms with Crippen LogP contribution in [0.1, 0.15) is 37.0 Å². The average molecular weight is 287 g/mol. The Bertz CT molecular complexity index is 603. The molecule has 0 atom stereocenters. The zero-order chi connectivity index (χ0) is 14.7. The van der Waals surface area contributed by atoms with Crippen LogP contribution in [0, 0.1) is 0 Å². The molecule has 1 aromatic heterocycles. The van der Waals surface area contributed by atoms with Crippen LogP contribution in [0.25, 0.3) is 0 Å². The first-order valence-corrected chi connectivity index (χ1v) is 7.36. The molecule has 0 saturated carbocycles. The van der Waals surface area contributed by atoms with E-state index in [1.54, 1.807) is 7.11 Å². The molecule has 1 N–H and O–H groups in total. The third kappa shape index (κ3) is 3.08.